The molecule has 0 saturated heterocycles. The third kappa shape index (κ3) is 6.48. The summed E-state index contributed by atoms with van der Waals surface area (Å²) in [6.07, 6.45) is 1.82. The van der Waals surface area contributed by atoms with Crippen molar-refractivity contribution in [2.24, 2.45) is 0 Å². The number of aromatic nitrogens is 1. The van der Waals surface area contributed by atoms with E-state index in [9.17, 15) is 0 Å². The Morgan fingerprint density at radius 3 is 2.35 bits per heavy atom. The molecule has 0 amide bonds. The van der Waals surface area contributed by atoms with E-state index in [4.69, 9.17) is 0 Å². The fourth-order valence-electron chi connectivity index (χ4n) is 1.69. The van der Waals surface area contributed by atoms with E-state index in [-0.39, 0.29) is 17.1 Å². The molecule has 3 aromatic rings. The molecule has 0 saturated carbocycles. The molecule has 0 atom stereocenters. The van der Waals surface area contributed by atoms with E-state index in [0.29, 0.717) is 0 Å². The molecule has 3 heteroatoms. The molecule has 110 valence electrons. The topological polar surface area (TPSA) is 24.9 Å². The van der Waals surface area contributed by atoms with Gasteiger partial charge in [-0.15, -0.1) is 0 Å². The van der Waals surface area contributed by atoms with Gasteiger partial charge in [0.25, 0.3) is 0 Å². The van der Waals surface area contributed by atoms with Crippen molar-refractivity contribution in [3.05, 3.63) is 90.3 Å². The van der Waals surface area contributed by atoms with E-state index >= 15 is 0 Å². The van der Waals surface area contributed by atoms with Gasteiger partial charge in [0.15, 0.2) is 0 Å². The molecule has 2 nitrogen and oxygen atoms in total. The molecule has 1 N–H and O–H groups in total. The maximum Gasteiger partial charge on any atom is 0.0540 e. The molecule has 0 spiro atoms. The minimum Gasteiger partial charge on any atom is -0.748 e. The standard InChI is InChI=1S/C12H13N2.C5H5.Fe/c1-2-6-11(5-1)9-13-10-12-7-3-4-8-14-12;1-2-4-5-3-1;/h1-8,13H,9-10H2;1-5H;/q-5;-1;. The zero-order valence-electron chi connectivity index (χ0n) is 11.2. The van der Waals surface area contributed by atoms with Crippen LogP contribution in [0.1, 0.15) is 11.3 Å². The van der Waals surface area contributed by atoms with Crippen LogP contribution in [0.2, 0.25) is 0 Å². The van der Waals surface area contributed by atoms with E-state index in [2.05, 4.69) is 34.6 Å². The second kappa shape index (κ2) is 10.2. The second-order valence-corrected chi connectivity index (χ2v) is 4.18. The first-order valence-electron chi connectivity index (χ1n) is 6.43. The maximum atomic E-state index is 4.24. The third-order valence-corrected chi connectivity index (χ3v) is 2.65. The summed E-state index contributed by atoms with van der Waals surface area (Å²) in [6, 6.07) is 24.3. The van der Waals surface area contributed by atoms with Gasteiger partial charge in [0.1, 0.15) is 0 Å². The van der Waals surface area contributed by atoms with E-state index in [1.54, 1.807) is 0 Å². The summed E-state index contributed by atoms with van der Waals surface area (Å²) < 4.78 is 0. The van der Waals surface area contributed by atoms with Gasteiger partial charge in [0, 0.05) is 29.8 Å². The molecule has 3 rings (SSSR count). The Kier molecular flexibility index (Phi) is 8.32. The number of hydrogen-bond donors (Lipinski definition) is 1. The number of pyridine rings is 1. The minimum atomic E-state index is 0. The summed E-state index contributed by atoms with van der Waals surface area (Å²) in [5.41, 5.74) is 2.40. The predicted molar refractivity (Wildman–Crippen MR) is 78.9 cm³/mol. The molecule has 0 radical (unpaired) electrons. The number of nitrogens with zero attached hydrogens (tertiary/aromatic N) is 1. The van der Waals surface area contributed by atoms with Crippen LogP contribution in [0.5, 0.6) is 0 Å². The van der Waals surface area contributed by atoms with Crippen LogP contribution in [-0.4, -0.2) is 4.98 Å². The molecule has 0 fully saturated rings. The van der Waals surface area contributed by atoms with Crippen molar-refractivity contribution in [1.82, 2.24) is 10.3 Å². The van der Waals surface area contributed by atoms with Crippen LogP contribution in [0, 0.1) is 0 Å². The van der Waals surface area contributed by atoms with Gasteiger partial charge in [-0.25, -0.2) is 12.1 Å². The quantitative estimate of drug-likeness (QED) is 0.589. The molecule has 0 aliphatic rings. The number of nitrogens with one attached hydrogen (secondary N) is 1. The van der Waals surface area contributed by atoms with E-state index in [1.165, 1.54) is 5.56 Å². The summed E-state index contributed by atoms with van der Waals surface area (Å²) >= 11 is 0. The predicted octanol–water partition coefficient (Wildman–Crippen LogP) is 3.49. The molecule has 0 unspecified atom stereocenters. The molecule has 0 bridgehead atoms. The van der Waals surface area contributed by atoms with Crippen LogP contribution in [0.25, 0.3) is 0 Å². The average Bonchev–Trinajstić information content (AvgIpc) is 3.16. The molecule has 1 aromatic heterocycles. The van der Waals surface area contributed by atoms with Gasteiger partial charge >= 0.3 is 0 Å². The second-order valence-electron chi connectivity index (χ2n) is 4.18. The van der Waals surface area contributed by atoms with Crippen molar-refractivity contribution < 1.29 is 17.1 Å². The van der Waals surface area contributed by atoms with Crippen LogP contribution < -0.4 is 5.32 Å². The Labute approximate surface area is 131 Å². The Bertz CT molecular complexity index is 498. The van der Waals surface area contributed by atoms with Crippen LogP contribution in [0.3, 0.4) is 0 Å². The summed E-state index contributed by atoms with van der Waals surface area (Å²) in [5.74, 6) is 0. The zero-order chi connectivity index (χ0) is 13.2. The largest absolute Gasteiger partial charge is 0.748 e. The molecule has 2 aromatic carbocycles. The Balaban J connectivity index is 0.000000283. The van der Waals surface area contributed by atoms with Crippen molar-refractivity contribution in [2.45, 2.75) is 13.1 Å². The normalized spacial score (nSPS) is 9.20. The Morgan fingerprint density at radius 1 is 1.05 bits per heavy atom. The van der Waals surface area contributed by atoms with Gasteiger partial charge in [0.2, 0.25) is 0 Å². The van der Waals surface area contributed by atoms with Gasteiger partial charge in [-0.2, -0.15) is 24.7 Å². The van der Waals surface area contributed by atoms with Crippen molar-refractivity contribution in [3.8, 4) is 0 Å². The van der Waals surface area contributed by atoms with Crippen LogP contribution >= 0.6 is 0 Å². The SMILES string of the molecule is [Fe].c1cc[cH-]c1.c1ccc(CNC[c-]2[cH-][cH-][cH-][cH-]2)nc1. The van der Waals surface area contributed by atoms with Crippen molar-refractivity contribution >= 4 is 0 Å². The number of rotatable bonds is 4. The van der Waals surface area contributed by atoms with Gasteiger partial charge in [-0.3, -0.25) is 4.98 Å². The van der Waals surface area contributed by atoms with Crippen molar-refractivity contribution in [3.63, 3.8) is 0 Å². The Hall–Kier alpha value is -1.67. The minimum absolute atomic E-state index is 0. The van der Waals surface area contributed by atoms with Crippen LogP contribution in [0.4, 0.5) is 0 Å². The fourth-order valence-corrected chi connectivity index (χ4v) is 1.69. The van der Waals surface area contributed by atoms with Crippen molar-refractivity contribution in [2.75, 3.05) is 0 Å². The summed E-state index contributed by atoms with van der Waals surface area (Å²) in [7, 11) is 0. The third-order valence-electron chi connectivity index (χ3n) is 2.65. The molecule has 1 heterocycles. The van der Waals surface area contributed by atoms with Crippen LogP contribution in [-0.2, 0) is 30.2 Å². The van der Waals surface area contributed by atoms with E-state index < -0.39 is 0 Å². The number of hydrogen-bond acceptors (Lipinski definition) is 2. The summed E-state index contributed by atoms with van der Waals surface area (Å²) in [5, 5.41) is 3.34. The van der Waals surface area contributed by atoms with Gasteiger partial charge in [0.05, 0.1) is 5.69 Å². The molecule has 0 aliphatic carbocycles. The summed E-state index contributed by atoms with van der Waals surface area (Å²) in [6.45, 7) is 1.73. The Morgan fingerprint density at radius 2 is 1.80 bits per heavy atom. The molecular formula is C17H18FeN2-6. The summed E-state index contributed by atoms with van der Waals surface area (Å²) in [4.78, 5) is 4.24. The zero-order valence-corrected chi connectivity index (χ0v) is 12.3. The molecular weight excluding hydrogens is 288 g/mol. The van der Waals surface area contributed by atoms with E-state index in [1.807, 2.05) is 54.7 Å². The smallest absolute Gasteiger partial charge is 0.0540 e. The van der Waals surface area contributed by atoms with Crippen LogP contribution in [0.15, 0.2) is 79.0 Å². The monoisotopic (exact) mass is 306 g/mol. The first-order chi connectivity index (χ1) is 9.45. The van der Waals surface area contributed by atoms with Gasteiger partial charge in [-0.1, -0.05) is 6.07 Å². The molecule has 20 heavy (non-hydrogen) atoms. The van der Waals surface area contributed by atoms with Crippen molar-refractivity contribution in [1.29, 1.82) is 0 Å². The van der Waals surface area contributed by atoms with Gasteiger partial charge < -0.3 is 35.1 Å². The first-order valence-corrected chi connectivity index (χ1v) is 6.43. The first kappa shape index (κ1) is 16.4. The van der Waals surface area contributed by atoms with E-state index in [0.717, 1.165) is 18.8 Å². The van der Waals surface area contributed by atoms with Gasteiger partial charge in [-0.05, 0) is 12.1 Å². The maximum absolute atomic E-state index is 4.24. The average molecular weight is 306 g/mol. The fraction of sp³-hybridized carbons (Fsp3) is 0.118. The molecule has 0 aliphatic heterocycles.